The number of nitrogens with zero attached hydrogens (tertiary/aromatic N) is 2. The first-order valence-corrected chi connectivity index (χ1v) is 7.10. The monoisotopic (exact) mass is 273 g/mol. The third-order valence-corrected chi connectivity index (χ3v) is 3.44. The van der Waals surface area contributed by atoms with Crippen LogP contribution in [-0.2, 0) is 6.61 Å². The molecule has 0 aliphatic heterocycles. The number of hydrogen-bond acceptors (Lipinski definition) is 3. The molecule has 0 aliphatic carbocycles. The van der Waals surface area contributed by atoms with Crippen LogP contribution in [0.3, 0.4) is 0 Å². The molecule has 1 aromatic carbocycles. The summed E-state index contributed by atoms with van der Waals surface area (Å²) in [7, 11) is 0. The second-order valence-electron chi connectivity index (χ2n) is 5.26. The predicted molar refractivity (Wildman–Crippen MR) is 80.6 cm³/mol. The van der Waals surface area contributed by atoms with Gasteiger partial charge in [-0.2, -0.15) is 0 Å². The normalized spacial score (nSPS) is 12.7. The standard InChI is InChI=1S/C16H23N3O/c1-4-16(17)13-5-7-15(8-6-13)20-10-14-9-18-11-19(14)12(2)3/h5-9,11-12,16H,4,10,17H2,1-3H3/t16-/m1/s1. The Morgan fingerprint density at radius 3 is 2.55 bits per heavy atom. The third kappa shape index (κ3) is 3.39. The smallest absolute Gasteiger partial charge is 0.130 e. The van der Waals surface area contributed by atoms with Crippen LogP contribution in [0.15, 0.2) is 36.8 Å². The zero-order valence-corrected chi connectivity index (χ0v) is 12.4. The van der Waals surface area contributed by atoms with Gasteiger partial charge in [0.1, 0.15) is 12.4 Å². The number of benzene rings is 1. The molecule has 0 saturated heterocycles. The first-order chi connectivity index (χ1) is 9.61. The molecule has 0 fully saturated rings. The Balaban J connectivity index is 1.99. The van der Waals surface area contributed by atoms with E-state index in [1.54, 1.807) is 0 Å². The topological polar surface area (TPSA) is 53.1 Å². The second kappa shape index (κ2) is 6.57. The first kappa shape index (κ1) is 14.6. The van der Waals surface area contributed by atoms with Crippen molar-refractivity contribution >= 4 is 0 Å². The number of aromatic nitrogens is 2. The summed E-state index contributed by atoms with van der Waals surface area (Å²) in [6.45, 7) is 6.87. The molecule has 0 radical (unpaired) electrons. The molecule has 0 bridgehead atoms. The average Bonchev–Trinajstić information content (AvgIpc) is 2.93. The summed E-state index contributed by atoms with van der Waals surface area (Å²) < 4.78 is 7.92. The average molecular weight is 273 g/mol. The summed E-state index contributed by atoms with van der Waals surface area (Å²) in [6, 6.07) is 8.50. The van der Waals surface area contributed by atoms with Crippen molar-refractivity contribution in [2.75, 3.05) is 0 Å². The van der Waals surface area contributed by atoms with Gasteiger partial charge in [0, 0.05) is 12.1 Å². The summed E-state index contributed by atoms with van der Waals surface area (Å²) >= 11 is 0. The van der Waals surface area contributed by atoms with Gasteiger partial charge in [-0.1, -0.05) is 19.1 Å². The van der Waals surface area contributed by atoms with Crippen LogP contribution in [0.25, 0.3) is 0 Å². The van der Waals surface area contributed by atoms with E-state index in [0.29, 0.717) is 12.6 Å². The quantitative estimate of drug-likeness (QED) is 0.877. The Morgan fingerprint density at radius 2 is 1.95 bits per heavy atom. The van der Waals surface area contributed by atoms with Crippen molar-refractivity contribution in [1.29, 1.82) is 0 Å². The van der Waals surface area contributed by atoms with Gasteiger partial charge in [-0.05, 0) is 38.0 Å². The zero-order valence-electron chi connectivity index (χ0n) is 12.4. The molecule has 1 atom stereocenters. The lowest BCUT2D eigenvalue weighted by Gasteiger charge is -2.13. The van der Waals surface area contributed by atoms with Gasteiger partial charge in [-0.15, -0.1) is 0 Å². The highest BCUT2D eigenvalue weighted by molar-refractivity contribution is 5.29. The van der Waals surface area contributed by atoms with Crippen LogP contribution in [0.4, 0.5) is 0 Å². The van der Waals surface area contributed by atoms with E-state index in [1.165, 1.54) is 0 Å². The highest BCUT2D eigenvalue weighted by Crippen LogP contribution is 2.19. The molecule has 4 heteroatoms. The summed E-state index contributed by atoms with van der Waals surface area (Å²) in [5, 5.41) is 0. The molecule has 0 amide bonds. The van der Waals surface area contributed by atoms with Gasteiger partial charge in [0.15, 0.2) is 0 Å². The Morgan fingerprint density at radius 1 is 1.25 bits per heavy atom. The van der Waals surface area contributed by atoms with E-state index in [0.717, 1.165) is 23.4 Å². The number of ether oxygens (including phenoxy) is 1. The van der Waals surface area contributed by atoms with Gasteiger partial charge in [0.05, 0.1) is 18.2 Å². The summed E-state index contributed by atoms with van der Waals surface area (Å²) in [6.07, 6.45) is 4.63. The predicted octanol–water partition coefficient (Wildman–Crippen LogP) is 3.45. The Bertz CT molecular complexity index is 531. The lowest BCUT2D eigenvalue weighted by molar-refractivity contribution is 0.292. The fourth-order valence-electron chi connectivity index (χ4n) is 2.11. The molecule has 108 valence electrons. The van der Waals surface area contributed by atoms with Crippen LogP contribution in [0.1, 0.15) is 50.5 Å². The van der Waals surface area contributed by atoms with Crippen molar-refractivity contribution in [3.05, 3.63) is 48.0 Å². The van der Waals surface area contributed by atoms with Crippen LogP contribution in [0.2, 0.25) is 0 Å². The van der Waals surface area contributed by atoms with E-state index >= 15 is 0 Å². The number of rotatable bonds is 6. The molecule has 4 nitrogen and oxygen atoms in total. The van der Waals surface area contributed by atoms with Gasteiger partial charge in [0.25, 0.3) is 0 Å². The molecule has 2 aromatic rings. The molecule has 1 aromatic heterocycles. The lowest BCUT2D eigenvalue weighted by atomic mass is 10.1. The van der Waals surface area contributed by atoms with Gasteiger partial charge in [-0.25, -0.2) is 4.98 Å². The third-order valence-electron chi connectivity index (χ3n) is 3.44. The molecule has 0 unspecified atom stereocenters. The Labute approximate surface area is 120 Å². The van der Waals surface area contributed by atoms with E-state index in [2.05, 4.69) is 30.3 Å². The van der Waals surface area contributed by atoms with E-state index in [-0.39, 0.29) is 6.04 Å². The summed E-state index contributed by atoms with van der Waals surface area (Å²) in [5.41, 5.74) is 8.22. The molecule has 1 heterocycles. The van der Waals surface area contributed by atoms with Gasteiger partial charge < -0.3 is 15.0 Å². The molecule has 0 saturated carbocycles. The Kier molecular flexibility index (Phi) is 4.79. The summed E-state index contributed by atoms with van der Waals surface area (Å²) in [4.78, 5) is 4.17. The highest BCUT2D eigenvalue weighted by atomic mass is 16.5. The van der Waals surface area contributed by atoms with Crippen LogP contribution >= 0.6 is 0 Å². The van der Waals surface area contributed by atoms with Crippen molar-refractivity contribution in [1.82, 2.24) is 9.55 Å². The van der Waals surface area contributed by atoms with Crippen LogP contribution in [0.5, 0.6) is 5.75 Å². The first-order valence-electron chi connectivity index (χ1n) is 7.10. The minimum atomic E-state index is 0.103. The maximum absolute atomic E-state index is 6.00. The minimum Gasteiger partial charge on any atom is -0.487 e. The van der Waals surface area contributed by atoms with Crippen molar-refractivity contribution in [3.8, 4) is 5.75 Å². The van der Waals surface area contributed by atoms with Crippen molar-refractivity contribution < 1.29 is 4.74 Å². The van der Waals surface area contributed by atoms with E-state index in [9.17, 15) is 0 Å². The SMILES string of the molecule is CC[C@@H](N)c1ccc(OCc2cncn2C(C)C)cc1. The van der Waals surface area contributed by atoms with Crippen LogP contribution in [-0.4, -0.2) is 9.55 Å². The minimum absolute atomic E-state index is 0.103. The zero-order chi connectivity index (χ0) is 14.5. The van der Waals surface area contributed by atoms with Crippen molar-refractivity contribution in [3.63, 3.8) is 0 Å². The molecular weight excluding hydrogens is 250 g/mol. The molecule has 0 aliphatic rings. The van der Waals surface area contributed by atoms with E-state index in [1.807, 2.05) is 36.8 Å². The van der Waals surface area contributed by atoms with E-state index in [4.69, 9.17) is 10.5 Å². The van der Waals surface area contributed by atoms with Crippen LogP contribution < -0.4 is 10.5 Å². The van der Waals surface area contributed by atoms with Gasteiger partial charge in [-0.3, -0.25) is 0 Å². The summed E-state index contributed by atoms with van der Waals surface area (Å²) in [5.74, 6) is 0.855. The van der Waals surface area contributed by atoms with Crippen LogP contribution in [0, 0.1) is 0 Å². The molecule has 0 spiro atoms. The van der Waals surface area contributed by atoms with Gasteiger partial charge >= 0.3 is 0 Å². The molecular formula is C16H23N3O. The fourth-order valence-corrected chi connectivity index (χ4v) is 2.11. The van der Waals surface area contributed by atoms with Crippen molar-refractivity contribution in [2.24, 2.45) is 5.73 Å². The number of nitrogens with two attached hydrogens (primary N) is 1. The van der Waals surface area contributed by atoms with Gasteiger partial charge in [0.2, 0.25) is 0 Å². The van der Waals surface area contributed by atoms with E-state index < -0.39 is 0 Å². The van der Waals surface area contributed by atoms with Crippen molar-refractivity contribution in [2.45, 2.75) is 45.9 Å². The largest absolute Gasteiger partial charge is 0.487 e. The number of hydrogen-bond donors (Lipinski definition) is 1. The number of imidazole rings is 1. The molecule has 2 rings (SSSR count). The molecule has 2 N–H and O–H groups in total. The lowest BCUT2D eigenvalue weighted by Crippen LogP contribution is -2.09. The maximum Gasteiger partial charge on any atom is 0.130 e. The maximum atomic E-state index is 6.00. The highest BCUT2D eigenvalue weighted by Gasteiger charge is 2.07. The Hall–Kier alpha value is -1.81. The molecule has 20 heavy (non-hydrogen) atoms. The fraction of sp³-hybridized carbons (Fsp3) is 0.438. The second-order valence-corrected chi connectivity index (χ2v) is 5.26.